The van der Waals surface area contributed by atoms with Gasteiger partial charge in [-0.2, -0.15) is 13.2 Å². The number of nitrogens with zero attached hydrogens (tertiary/aromatic N) is 1. The normalized spacial score (nSPS) is 23.0. The van der Waals surface area contributed by atoms with Crippen molar-refractivity contribution in [3.8, 4) is 11.4 Å². The van der Waals surface area contributed by atoms with Gasteiger partial charge in [-0.15, -0.1) is 0 Å². The van der Waals surface area contributed by atoms with Gasteiger partial charge in [0.25, 0.3) is 0 Å². The van der Waals surface area contributed by atoms with Crippen molar-refractivity contribution in [3.05, 3.63) is 59.2 Å². The Labute approximate surface area is 259 Å². The van der Waals surface area contributed by atoms with Crippen LogP contribution in [0.4, 0.5) is 13.2 Å². The molecule has 0 spiro atoms. The van der Waals surface area contributed by atoms with Gasteiger partial charge in [-0.1, -0.05) is 11.6 Å². The van der Waals surface area contributed by atoms with Gasteiger partial charge in [0.15, 0.2) is 12.2 Å². The number of alkyl halides is 3. The van der Waals surface area contributed by atoms with Crippen LogP contribution in [0.5, 0.6) is 5.75 Å². The first kappa shape index (κ1) is 27.3. The van der Waals surface area contributed by atoms with E-state index in [1.165, 1.54) is 36.5 Å². The number of carbonyl (C=O) groups is 4. The minimum atomic E-state index is -4.53. The molecule has 15 heteroatoms. The van der Waals surface area contributed by atoms with Crippen molar-refractivity contribution in [3.63, 3.8) is 0 Å². The first-order valence-electron chi connectivity index (χ1n) is 15.3. The third-order valence-corrected chi connectivity index (χ3v) is 6.55. The Morgan fingerprint density at radius 2 is 1.55 bits per heavy atom. The summed E-state index contributed by atoms with van der Waals surface area (Å²) < 4.78 is 103. The minimum absolute atomic E-state index is 0.0740. The maximum absolute atomic E-state index is 13.2. The largest absolute Gasteiger partial charge is 0.463 e. The average molecular weight is 646 g/mol. The van der Waals surface area contributed by atoms with Crippen LogP contribution in [0.25, 0.3) is 16.6 Å². The molecule has 2 heterocycles. The van der Waals surface area contributed by atoms with E-state index in [4.69, 9.17) is 45.5 Å². The van der Waals surface area contributed by atoms with E-state index in [0.29, 0.717) is 16.6 Å². The summed E-state index contributed by atoms with van der Waals surface area (Å²) in [6, 6.07) is 8.98. The molecule has 5 atom stereocenters. The Balaban J connectivity index is 1.71. The second-order valence-corrected chi connectivity index (χ2v) is 9.69. The van der Waals surface area contributed by atoms with Crippen molar-refractivity contribution in [2.24, 2.45) is 0 Å². The zero-order chi connectivity index (χ0) is 35.2. The van der Waals surface area contributed by atoms with Crippen LogP contribution in [0, 0.1) is 0 Å². The van der Waals surface area contributed by atoms with Crippen molar-refractivity contribution < 1.29 is 66.3 Å². The molecule has 0 radical (unpaired) electrons. The van der Waals surface area contributed by atoms with Gasteiger partial charge in [-0.3, -0.25) is 19.2 Å². The second-order valence-electron chi connectivity index (χ2n) is 9.28. The summed E-state index contributed by atoms with van der Waals surface area (Å²) >= 11 is 6.53. The number of hydrogen-bond acceptors (Lipinski definition) is 10. The van der Waals surface area contributed by atoms with Crippen LogP contribution in [0.1, 0.15) is 38.6 Å². The second kappa shape index (κ2) is 13.1. The van der Waals surface area contributed by atoms with E-state index >= 15 is 0 Å². The zero-order valence-corrected chi connectivity index (χ0v) is 23.3. The molecule has 0 aliphatic carbocycles. The average Bonchev–Trinajstić information content (AvgIpc) is 3.49. The molecule has 0 saturated carbocycles. The molecule has 0 bridgehead atoms. The Kier molecular flexibility index (Phi) is 8.14. The van der Waals surface area contributed by atoms with Crippen LogP contribution in [-0.4, -0.2) is 65.8 Å². The summed E-state index contributed by atoms with van der Waals surface area (Å²) in [6.45, 7) is -4.20. The molecule has 1 aliphatic heterocycles. The molecule has 2 aromatic carbocycles. The van der Waals surface area contributed by atoms with Crippen LogP contribution in [0.3, 0.4) is 0 Å². The van der Waals surface area contributed by atoms with E-state index in [0.717, 1.165) is 12.1 Å². The third kappa shape index (κ3) is 7.61. The first-order chi connectivity index (χ1) is 22.8. The summed E-state index contributed by atoms with van der Waals surface area (Å²) in [6.07, 6.45) is -11.5. The number of hydrogen-bond donors (Lipinski definition) is 0. The van der Waals surface area contributed by atoms with Gasteiger partial charge < -0.3 is 33.0 Å². The van der Waals surface area contributed by atoms with E-state index in [2.05, 4.69) is 0 Å². The lowest BCUT2D eigenvalue weighted by Gasteiger charge is -2.44. The molecule has 236 valence electrons. The topological polar surface area (TPSA) is 129 Å². The molecule has 1 aromatic heterocycles. The molecule has 1 fully saturated rings. The van der Waals surface area contributed by atoms with Crippen LogP contribution in [-0.2, 0) is 49.0 Å². The maximum atomic E-state index is 13.2. The number of benzene rings is 2. The summed E-state index contributed by atoms with van der Waals surface area (Å²) in [4.78, 5) is 48.6. The molecular formula is C29H27ClF3NO10. The molecule has 3 aromatic rings. The number of carbonyl (C=O) groups excluding carboxylic acids is 4. The molecule has 0 N–H and O–H groups in total. The molecule has 1 aliphatic rings. The van der Waals surface area contributed by atoms with Gasteiger partial charge >= 0.3 is 30.1 Å². The Morgan fingerprint density at radius 3 is 2.18 bits per heavy atom. The van der Waals surface area contributed by atoms with E-state index in [-0.39, 0.29) is 10.8 Å². The molecular weight excluding hydrogens is 615 g/mol. The van der Waals surface area contributed by atoms with Gasteiger partial charge in [-0.25, -0.2) is 0 Å². The quantitative estimate of drug-likeness (QED) is 0.250. The molecule has 0 amide bonds. The first-order valence-corrected chi connectivity index (χ1v) is 12.9. The fourth-order valence-corrected chi connectivity index (χ4v) is 4.76. The van der Waals surface area contributed by atoms with E-state index in [1.807, 2.05) is 0 Å². The third-order valence-electron chi connectivity index (χ3n) is 6.26. The van der Waals surface area contributed by atoms with Crippen LogP contribution in [0.2, 0.25) is 5.02 Å². The van der Waals surface area contributed by atoms with Crippen molar-refractivity contribution in [1.29, 1.82) is 0 Å². The minimum Gasteiger partial charge on any atom is -0.463 e. The van der Waals surface area contributed by atoms with Crippen molar-refractivity contribution in [2.45, 2.75) is 64.5 Å². The highest BCUT2D eigenvalue weighted by Gasteiger charge is 2.53. The molecule has 44 heavy (non-hydrogen) atoms. The molecule has 11 nitrogen and oxygen atoms in total. The summed E-state index contributed by atoms with van der Waals surface area (Å²) in [5, 5.41) is 0.233. The standard InChI is InChI=1S/C29H27ClF3NO10/c1-14(35)39-13-24-25(40-15(2)36)26(41-16(3)37)27(42-17(4)38)28(44-24)43-23-8-6-20(12-21(23)30)34-10-9-18-11-19(29(31,32)33)5-7-22(18)34/h5-12,24-28H,13H2,1-4H3/t24-,25-,26+,27+,28?/m1/s1/i1D,2D,3D,4D. The van der Waals surface area contributed by atoms with Crippen molar-refractivity contribution >= 4 is 46.4 Å². The number of ether oxygens (including phenoxy) is 6. The Hall–Kier alpha value is -4.30. The molecule has 1 saturated heterocycles. The van der Waals surface area contributed by atoms with Gasteiger partial charge in [0.2, 0.25) is 12.4 Å². The SMILES string of the molecule is [2H]CC(=O)OC[C@H]1OC(Oc2ccc(-n3ccc4cc(C(F)(F)F)ccc43)cc2Cl)[C@@H](OC(=O)C[2H])[C@@H](OC(=O)C[2H])[C@@H]1OC(=O)C[2H]. The number of esters is 4. The van der Waals surface area contributed by atoms with Gasteiger partial charge in [0.05, 0.1) is 16.1 Å². The number of rotatable bonds is 8. The highest BCUT2D eigenvalue weighted by Crippen LogP contribution is 2.36. The zero-order valence-electron chi connectivity index (χ0n) is 26.6. The predicted molar refractivity (Wildman–Crippen MR) is 146 cm³/mol. The maximum Gasteiger partial charge on any atom is 0.416 e. The summed E-state index contributed by atoms with van der Waals surface area (Å²) in [7, 11) is 0. The van der Waals surface area contributed by atoms with Gasteiger partial charge in [0, 0.05) is 50.4 Å². The number of fused-ring (bicyclic) bond motifs is 1. The molecule has 4 rings (SSSR count). The van der Waals surface area contributed by atoms with Crippen LogP contribution < -0.4 is 4.74 Å². The lowest BCUT2D eigenvalue weighted by Crippen LogP contribution is -2.63. The fourth-order valence-electron chi connectivity index (χ4n) is 4.54. The van der Waals surface area contributed by atoms with Gasteiger partial charge in [0.1, 0.15) is 18.5 Å². The Morgan fingerprint density at radius 1 is 0.886 bits per heavy atom. The smallest absolute Gasteiger partial charge is 0.416 e. The monoisotopic (exact) mass is 645 g/mol. The van der Waals surface area contributed by atoms with E-state index < -0.39 is 101 Å². The highest BCUT2D eigenvalue weighted by atomic mass is 35.5. The number of halogens is 4. The highest BCUT2D eigenvalue weighted by molar-refractivity contribution is 6.32. The fraction of sp³-hybridized carbons (Fsp3) is 0.379. The van der Waals surface area contributed by atoms with Crippen LogP contribution >= 0.6 is 11.6 Å². The van der Waals surface area contributed by atoms with E-state index in [9.17, 15) is 32.3 Å². The molecule has 1 unspecified atom stereocenters. The predicted octanol–water partition coefficient (Wildman–Crippen LogP) is 4.76. The lowest BCUT2D eigenvalue weighted by molar-refractivity contribution is -0.288. The number of aromatic nitrogens is 1. The summed E-state index contributed by atoms with van der Waals surface area (Å²) in [5.74, 6) is -4.56. The summed E-state index contributed by atoms with van der Waals surface area (Å²) in [5.41, 5.74) is 0.0237. The van der Waals surface area contributed by atoms with Crippen molar-refractivity contribution in [1.82, 2.24) is 4.57 Å². The van der Waals surface area contributed by atoms with Crippen LogP contribution in [0.15, 0.2) is 48.7 Å². The Bertz CT molecular complexity index is 1660. The van der Waals surface area contributed by atoms with Gasteiger partial charge in [-0.05, 0) is 42.5 Å². The lowest BCUT2D eigenvalue weighted by atomic mass is 9.98. The van der Waals surface area contributed by atoms with E-state index in [1.54, 1.807) is 4.57 Å². The van der Waals surface area contributed by atoms with Crippen molar-refractivity contribution in [2.75, 3.05) is 6.61 Å².